The molecule has 0 aromatic rings. The van der Waals surface area contributed by atoms with E-state index in [0.29, 0.717) is 19.3 Å². The Bertz CT molecular complexity index is 509. The Morgan fingerprint density at radius 1 is 0.615 bits per heavy atom. The van der Waals surface area contributed by atoms with Gasteiger partial charge in [-0.3, -0.25) is 19.2 Å². The zero-order valence-electron chi connectivity index (χ0n) is 14.3. The minimum atomic E-state index is -2.63. The first-order valence-electron chi connectivity index (χ1n) is 8.19. The van der Waals surface area contributed by atoms with E-state index < -0.39 is 48.3 Å². The van der Waals surface area contributed by atoms with Gasteiger partial charge in [0.25, 0.3) is 0 Å². The lowest BCUT2D eigenvalue weighted by Gasteiger charge is -2.26. The van der Waals surface area contributed by atoms with Crippen molar-refractivity contribution in [2.45, 2.75) is 69.8 Å². The van der Waals surface area contributed by atoms with E-state index in [9.17, 15) is 24.0 Å². The molecule has 4 N–H and O–H groups in total. The fourth-order valence-electron chi connectivity index (χ4n) is 2.34. The molecule has 0 spiro atoms. The minimum absolute atomic E-state index is 0.108. The van der Waals surface area contributed by atoms with E-state index in [2.05, 4.69) is 0 Å². The Morgan fingerprint density at radius 3 is 1.42 bits per heavy atom. The maximum absolute atomic E-state index is 11.8. The molecule has 26 heavy (non-hydrogen) atoms. The molecule has 0 aromatic carbocycles. The fraction of sp³-hybridized carbons (Fsp3) is 0.688. The summed E-state index contributed by atoms with van der Waals surface area (Å²) >= 11 is 0. The van der Waals surface area contributed by atoms with Crippen LogP contribution in [0.4, 0.5) is 0 Å². The van der Waals surface area contributed by atoms with Crippen molar-refractivity contribution in [3.8, 4) is 0 Å². The monoisotopic (exact) mass is 376 g/mol. The number of rotatable bonds is 15. The number of hydrogen-bond acceptors (Lipinski definition) is 6. The Hall–Kier alpha value is -2.65. The summed E-state index contributed by atoms with van der Waals surface area (Å²) < 4.78 is 4.73. The van der Waals surface area contributed by atoms with E-state index in [0.717, 1.165) is 19.3 Å². The van der Waals surface area contributed by atoms with E-state index >= 15 is 0 Å². The molecule has 0 amide bonds. The lowest BCUT2D eigenvalue weighted by molar-refractivity contribution is -0.186. The second kappa shape index (κ2) is 11.8. The van der Waals surface area contributed by atoms with Crippen molar-refractivity contribution in [3.63, 3.8) is 0 Å². The highest BCUT2D eigenvalue weighted by Crippen LogP contribution is 2.23. The van der Waals surface area contributed by atoms with Crippen LogP contribution in [-0.4, -0.2) is 55.9 Å². The first-order chi connectivity index (χ1) is 12.1. The van der Waals surface area contributed by atoms with Crippen LogP contribution < -0.4 is 0 Å². The maximum Gasteiger partial charge on any atom is 0.349 e. The van der Waals surface area contributed by atoms with Crippen LogP contribution in [0.5, 0.6) is 0 Å². The van der Waals surface area contributed by atoms with Gasteiger partial charge in [-0.25, -0.2) is 4.79 Å². The second-order valence-electron chi connectivity index (χ2n) is 5.93. The van der Waals surface area contributed by atoms with E-state index in [1.165, 1.54) is 0 Å². The van der Waals surface area contributed by atoms with Gasteiger partial charge < -0.3 is 25.2 Å². The molecule has 0 aliphatic rings. The molecule has 0 saturated carbocycles. The van der Waals surface area contributed by atoms with Crippen molar-refractivity contribution in [2.75, 3.05) is 0 Å². The predicted octanol–water partition coefficient (Wildman–Crippen LogP) is 1.51. The van der Waals surface area contributed by atoms with Gasteiger partial charge in [0, 0.05) is 12.8 Å². The molecule has 0 fully saturated rings. The number of carboxylic acids is 4. The number of ether oxygens (including phenoxy) is 1. The molecule has 148 valence electrons. The number of hydrogen-bond donors (Lipinski definition) is 4. The fourth-order valence-corrected chi connectivity index (χ4v) is 2.34. The van der Waals surface area contributed by atoms with Gasteiger partial charge in [0.15, 0.2) is 0 Å². The Morgan fingerprint density at radius 2 is 1.04 bits per heavy atom. The summed E-state index contributed by atoms with van der Waals surface area (Å²) in [6.45, 7) is 0. The number of carbonyl (C=O) groups is 5. The molecule has 0 unspecified atom stereocenters. The predicted molar refractivity (Wildman–Crippen MR) is 85.5 cm³/mol. The summed E-state index contributed by atoms with van der Waals surface area (Å²) in [5.41, 5.74) is -2.63. The molecule has 10 nitrogen and oxygen atoms in total. The van der Waals surface area contributed by atoms with Crippen LogP contribution in [0.2, 0.25) is 0 Å². The van der Waals surface area contributed by atoms with Crippen molar-refractivity contribution < 1.29 is 49.1 Å². The summed E-state index contributed by atoms with van der Waals surface area (Å²) in [6.07, 6.45) is 1.50. The average molecular weight is 376 g/mol. The molecule has 0 atom stereocenters. The third kappa shape index (κ3) is 10.3. The van der Waals surface area contributed by atoms with Crippen molar-refractivity contribution in [1.82, 2.24) is 0 Å². The molecule has 0 rings (SSSR count). The Balaban J connectivity index is 4.36. The number of unbranched alkanes of at least 4 members (excludes halogenated alkanes) is 5. The van der Waals surface area contributed by atoms with Gasteiger partial charge >= 0.3 is 29.8 Å². The van der Waals surface area contributed by atoms with Crippen LogP contribution in [-0.2, 0) is 28.7 Å². The zero-order valence-corrected chi connectivity index (χ0v) is 14.3. The molecular weight excluding hydrogens is 352 g/mol. The van der Waals surface area contributed by atoms with Gasteiger partial charge in [0.2, 0.25) is 5.60 Å². The molecular formula is C16H24O10. The topological polar surface area (TPSA) is 175 Å². The van der Waals surface area contributed by atoms with Crippen LogP contribution in [0, 0.1) is 0 Å². The van der Waals surface area contributed by atoms with Crippen LogP contribution in [0.15, 0.2) is 0 Å². The number of esters is 1. The highest BCUT2D eigenvalue weighted by atomic mass is 16.6. The first-order valence-corrected chi connectivity index (χ1v) is 8.19. The number of carbonyl (C=O) groups excluding carboxylic acids is 1. The lowest BCUT2D eigenvalue weighted by Crippen LogP contribution is -2.47. The van der Waals surface area contributed by atoms with Crippen LogP contribution in [0.1, 0.15) is 64.2 Å². The molecule has 0 aliphatic heterocycles. The summed E-state index contributed by atoms with van der Waals surface area (Å²) in [6, 6.07) is 0. The second-order valence-corrected chi connectivity index (χ2v) is 5.93. The van der Waals surface area contributed by atoms with Gasteiger partial charge in [-0.05, 0) is 12.8 Å². The normalized spacial score (nSPS) is 10.9. The maximum atomic E-state index is 11.8. The zero-order chi connectivity index (χ0) is 20.2. The van der Waals surface area contributed by atoms with E-state index in [1.54, 1.807) is 0 Å². The van der Waals surface area contributed by atoms with Crippen molar-refractivity contribution in [2.24, 2.45) is 0 Å². The minimum Gasteiger partial charge on any atom is -0.481 e. The third-order valence-electron chi connectivity index (χ3n) is 3.59. The van der Waals surface area contributed by atoms with Gasteiger partial charge in [-0.2, -0.15) is 0 Å². The number of aliphatic carboxylic acids is 4. The molecule has 0 heterocycles. The largest absolute Gasteiger partial charge is 0.481 e. The standard InChI is InChI=1S/C16H24O10/c17-11(18)7-5-3-1-2-4-6-8-14(23)26-16(15(24)25,9-12(19)20)10-13(21)22/h1-10H2,(H,17,18)(H,19,20)(H,21,22)(H,24,25). The van der Waals surface area contributed by atoms with E-state index in [1.807, 2.05) is 0 Å². The molecule has 0 saturated heterocycles. The van der Waals surface area contributed by atoms with Gasteiger partial charge in [0.1, 0.15) is 0 Å². The van der Waals surface area contributed by atoms with Crippen molar-refractivity contribution in [1.29, 1.82) is 0 Å². The molecule has 0 aliphatic carbocycles. The average Bonchev–Trinajstić information content (AvgIpc) is 2.47. The summed E-state index contributed by atoms with van der Waals surface area (Å²) in [7, 11) is 0. The van der Waals surface area contributed by atoms with Crippen molar-refractivity contribution in [3.05, 3.63) is 0 Å². The lowest BCUT2D eigenvalue weighted by atomic mass is 9.95. The quantitative estimate of drug-likeness (QED) is 0.242. The SMILES string of the molecule is O=C(O)CCCCCCCCC(=O)OC(CC(=O)O)(CC(=O)O)C(=O)O. The molecule has 0 radical (unpaired) electrons. The summed E-state index contributed by atoms with van der Waals surface area (Å²) in [5.74, 6) is -6.84. The third-order valence-corrected chi connectivity index (χ3v) is 3.59. The Kier molecular flexibility index (Phi) is 10.6. The smallest absolute Gasteiger partial charge is 0.349 e. The van der Waals surface area contributed by atoms with Crippen LogP contribution in [0.3, 0.4) is 0 Å². The Labute approximate surface area is 149 Å². The van der Waals surface area contributed by atoms with Crippen LogP contribution >= 0.6 is 0 Å². The molecule has 0 aromatic heterocycles. The van der Waals surface area contributed by atoms with E-state index in [4.69, 9.17) is 25.2 Å². The van der Waals surface area contributed by atoms with Gasteiger partial charge in [-0.1, -0.05) is 25.7 Å². The van der Waals surface area contributed by atoms with Gasteiger partial charge in [0.05, 0.1) is 12.8 Å². The molecule has 10 heteroatoms. The summed E-state index contributed by atoms with van der Waals surface area (Å²) in [4.78, 5) is 55.1. The van der Waals surface area contributed by atoms with Crippen molar-refractivity contribution >= 4 is 29.8 Å². The number of carboxylic acid groups (broad SMARTS) is 4. The highest BCUT2D eigenvalue weighted by Gasteiger charge is 2.47. The summed E-state index contributed by atoms with van der Waals surface area (Å²) in [5, 5.41) is 35.2. The highest BCUT2D eigenvalue weighted by molar-refractivity contribution is 5.90. The van der Waals surface area contributed by atoms with Gasteiger partial charge in [-0.15, -0.1) is 0 Å². The molecule has 0 bridgehead atoms. The first kappa shape index (κ1) is 23.4. The van der Waals surface area contributed by atoms with Crippen LogP contribution in [0.25, 0.3) is 0 Å². The van der Waals surface area contributed by atoms with E-state index in [-0.39, 0.29) is 12.8 Å².